The topological polar surface area (TPSA) is 103 Å². The first-order chi connectivity index (χ1) is 13.3. The predicted octanol–water partition coefficient (Wildman–Crippen LogP) is 2.49. The van der Waals surface area contributed by atoms with E-state index < -0.39 is 5.97 Å². The molecule has 0 saturated heterocycles. The highest BCUT2D eigenvalue weighted by Crippen LogP contribution is 2.29. The summed E-state index contributed by atoms with van der Waals surface area (Å²) >= 11 is 0. The smallest absolute Gasteiger partial charge is 0.354 e. The lowest BCUT2D eigenvalue weighted by Crippen LogP contribution is -2.21. The molecule has 0 radical (unpaired) electrons. The molecule has 28 heavy (non-hydrogen) atoms. The third-order valence-corrected chi connectivity index (χ3v) is 3.86. The molecule has 150 valence electrons. The van der Waals surface area contributed by atoms with E-state index >= 15 is 0 Å². The summed E-state index contributed by atoms with van der Waals surface area (Å²) in [6, 6.07) is 5.41. The molecular formula is C20H25N3O5. The van der Waals surface area contributed by atoms with Crippen LogP contribution in [0.3, 0.4) is 0 Å². The second-order valence-corrected chi connectivity index (χ2v) is 6.61. The van der Waals surface area contributed by atoms with Crippen LogP contribution in [0.5, 0.6) is 11.5 Å². The lowest BCUT2D eigenvalue weighted by molar-refractivity contribution is -0.116. The molecule has 0 bridgehead atoms. The van der Waals surface area contributed by atoms with Crippen molar-refractivity contribution in [2.75, 3.05) is 13.7 Å². The number of hydrogen-bond acceptors (Lipinski definition) is 5. The molecular weight excluding hydrogens is 362 g/mol. The number of rotatable bonds is 9. The summed E-state index contributed by atoms with van der Waals surface area (Å²) in [7, 11) is 3.10. The largest absolute Gasteiger partial charge is 0.493 e. The standard InChI is InChI=1S/C20H25N3O5/c1-13(2)12-28-16-7-5-14(9-17(16)27-4)6-8-18(24)21-10-15-11-22-23(3)19(15)20(25)26/h5-9,11,13H,10,12H2,1-4H3,(H,21,24)(H,25,26)/b8-6+. The predicted molar refractivity (Wildman–Crippen MR) is 104 cm³/mol. The zero-order valence-corrected chi connectivity index (χ0v) is 16.4. The van der Waals surface area contributed by atoms with Crippen LogP contribution in [0.25, 0.3) is 6.08 Å². The minimum absolute atomic E-state index is 0.0472. The molecule has 1 amide bonds. The van der Waals surface area contributed by atoms with Gasteiger partial charge in [-0.25, -0.2) is 4.79 Å². The number of hydrogen-bond donors (Lipinski definition) is 2. The van der Waals surface area contributed by atoms with E-state index in [0.717, 1.165) is 5.56 Å². The number of benzene rings is 1. The van der Waals surface area contributed by atoms with Crippen molar-refractivity contribution < 1.29 is 24.2 Å². The van der Waals surface area contributed by atoms with Gasteiger partial charge in [0.2, 0.25) is 5.91 Å². The Balaban J connectivity index is 1.99. The van der Waals surface area contributed by atoms with Gasteiger partial charge >= 0.3 is 5.97 Å². The van der Waals surface area contributed by atoms with Gasteiger partial charge in [0, 0.05) is 25.2 Å². The minimum Gasteiger partial charge on any atom is -0.493 e. The minimum atomic E-state index is -1.09. The lowest BCUT2D eigenvalue weighted by atomic mass is 10.2. The molecule has 0 unspecified atom stereocenters. The molecule has 8 heteroatoms. The van der Waals surface area contributed by atoms with Crippen LogP contribution in [0.2, 0.25) is 0 Å². The number of carboxylic acid groups (broad SMARTS) is 1. The zero-order chi connectivity index (χ0) is 20.7. The summed E-state index contributed by atoms with van der Waals surface area (Å²) in [5, 5.41) is 15.7. The molecule has 0 atom stereocenters. The quantitative estimate of drug-likeness (QED) is 0.641. The van der Waals surface area contributed by atoms with Crippen LogP contribution < -0.4 is 14.8 Å². The van der Waals surface area contributed by atoms with Crippen LogP contribution in [0.15, 0.2) is 30.5 Å². The van der Waals surface area contributed by atoms with Crippen molar-refractivity contribution in [3.63, 3.8) is 0 Å². The van der Waals surface area contributed by atoms with Crippen LogP contribution in [-0.2, 0) is 18.4 Å². The molecule has 1 heterocycles. The summed E-state index contributed by atoms with van der Waals surface area (Å²) < 4.78 is 12.3. The van der Waals surface area contributed by atoms with Crippen LogP contribution in [0, 0.1) is 5.92 Å². The van der Waals surface area contributed by atoms with Gasteiger partial charge in [-0.15, -0.1) is 0 Å². The van der Waals surface area contributed by atoms with E-state index in [9.17, 15) is 14.7 Å². The Morgan fingerprint density at radius 2 is 2.07 bits per heavy atom. The number of amides is 1. The molecule has 2 rings (SSSR count). The van der Waals surface area contributed by atoms with Crippen molar-refractivity contribution in [1.29, 1.82) is 0 Å². The highest BCUT2D eigenvalue weighted by atomic mass is 16.5. The summed E-state index contributed by atoms with van der Waals surface area (Å²) in [5.41, 5.74) is 1.26. The van der Waals surface area contributed by atoms with E-state index in [1.54, 1.807) is 25.3 Å². The van der Waals surface area contributed by atoms with E-state index in [1.807, 2.05) is 6.07 Å². The monoisotopic (exact) mass is 387 g/mol. The van der Waals surface area contributed by atoms with Gasteiger partial charge in [0.25, 0.3) is 0 Å². The summed E-state index contributed by atoms with van der Waals surface area (Å²) in [5.74, 6) is 0.195. The Hall–Kier alpha value is -3.29. The fourth-order valence-electron chi connectivity index (χ4n) is 2.46. The molecule has 2 aromatic rings. The lowest BCUT2D eigenvalue weighted by Gasteiger charge is -2.12. The molecule has 1 aromatic carbocycles. The first-order valence-electron chi connectivity index (χ1n) is 8.82. The van der Waals surface area contributed by atoms with Gasteiger partial charge in [0.15, 0.2) is 17.2 Å². The molecule has 8 nitrogen and oxygen atoms in total. The van der Waals surface area contributed by atoms with Crippen LogP contribution in [0.4, 0.5) is 0 Å². The number of carboxylic acids is 1. The number of nitrogens with one attached hydrogen (secondary N) is 1. The maximum Gasteiger partial charge on any atom is 0.354 e. The number of aryl methyl sites for hydroxylation is 1. The third kappa shape index (κ3) is 5.60. The summed E-state index contributed by atoms with van der Waals surface area (Å²) in [6.07, 6.45) is 4.44. The number of ether oxygens (including phenoxy) is 2. The molecule has 0 fully saturated rings. The number of aromatic carboxylic acids is 1. The number of carbonyl (C=O) groups is 2. The van der Waals surface area contributed by atoms with Gasteiger partial charge in [-0.3, -0.25) is 9.48 Å². The van der Waals surface area contributed by atoms with Crippen LogP contribution >= 0.6 is 0 Å². The first kappa shape index (κ1) is 21.0. The maximum absolute atomic E-state index is 12.0. The number of aromatic nitrogens is 2. The second-order valence-electron chi connectivity index (χ2n) is 6.61. The Kier molecular flexibility index (Phi) is 7.20. The van der Waals surface area contributed by atoms with Gasteiger partial charge in [0.05, 0.1) is 19.9 Å². The molecule has 0 spiro atoms. The fourth-order valence-corrected chi connectivity index (χ4v) is 2.46. The van der Waals surface area contributed by atoms with Crippen molar-refractivity contribution in [2.24, 2.45) is 13.0 Å². The van der Waals surface area contributed by atoms with Crippen molar-refractivity contribution >= 4 is 18.0 Å². The average molecular weight is 387 g/mol. The van der Waals surface area contributed by atoms with Gasteiger partial charge in [0.1, 0.15) is 0 Å². The fraction of sp³-hybridized carbons (Fsp3) is 0.350. The first-order valence-corrected chi connectivity index (χ1v) is 8.82. The van der Waals surface area contributed by atoms with Gasteiger partial charge in [-0.1, -0.05) is 19.9 Å². The van der Waals surface area contributed by atoms with Gasteiger partial charge < -0.3 is 19.9 Å². The van der Waals surface area contributed by atoms with Crippen molar-refractivity contribution in [2.45, 2.75) is 20.4 Å². The normalized spacial score (nSPS) is 11.0. The number of nitrogens with zero attached hydrogens (tertiary/aromatic N) is 2. The Bertz CT molecular complexity index is 871. The molecule has 0 aliphatic carbocycles. The van der Waals surface area contributed by atoms with E-state index in [1.165, 1.54) is 24.0 Å². The van der Waals surface area contributed by atoms with Crippen LogP contribution in [-0.4, -0.2) is 40.5 Å². The second kappa shape index (κ2) is 9.59. The van der Waals surface area contributed by atoms with E-state index in [-0.39, 0.29) is 18.1 Å². The van der Waals surface area contributed by atoms with E-state index in [0.29, 0.717) is 29.6 Å². The Labute approximate surface area is 163 Å². The Morgan fingerprint density at radius 1 is 1.32 bits per heavy atom. The molecule has 0 aliphatic rings. The van der Waals surface area contributed by atoms with Gasteiger partial charge in [-0.05, 0) is 29.7 Å². The SMILES string of the molecule is COc1cc(/C=C/C(=O)NCc2cnn(C)c2C(=O)O)ccc1OCC(C)C. The number of carbonyl (C=O) groups excluding carboxylic acids is 1. The van der Waals surface area contributed by atoms with Crippen LogP contribution in [0.1, 0.15) is 35.5 Å². The number of methoxy groups -OCH3 is 1. The highest BCUT2D eigenvalue weighted by Gasteiger charge is 2.15. The molecule has 0 saturated carbocycles. The molecule has 0 aliphatic heterocycles. The maximum atomic E-state index is 12.0. The van der Waals surface area contributed by atoms with E-state index in [4.69, 9.17) is 9.47 Å². The highest BCUT2D eigenvalue weighted by molar-refractivity contribution is 5.92. The van der Waals surface area contributed by atoms with Crippen molar-refractivity contribution in [3.8, 4) is 11.5 Å². The molecule has 1 aromatic heterocycles. The summed E-state index contributed by atoms with van der Waals surface area (Å²) in [4.78, 5) is 23.3. The van der Waals surface area contributed by atoms with Crippen molar-refractivity contribution in [1.82, 2.24) is 15.1 Å². The van der Waals surface area contributed by atoms with E-state index in [2.05, 4.69) is 24.3 Å². The summed E-state index contributed by atoms with van der Waals surface area (Å²) in [6.45, 7) is 4.78. The van der Waals surface area contributed by atoms with Gasteiger partial charge in [-0.2, -0.15) is 5.10 Å². The average Bonchev–Trinajstić information content (AvgIpc) is 3.03. The Morgan fingerprint density at radius 3 is 2.71 bits per heavy atom. The van der Waals surface area contributed by atoms with Crippen molar-refractivity contribution in [3.05, 3.63) is 47.3 Å². The molecule has 2 N–H and O–H groups in total. The zero-order valence-electron chi connectivity index (χ0n) is 16.4. The third-order valence-electron chi connectivity index (χ3n) is 3.86.